The highest BCUT2D eigenvalue weighted by atomic mass is 32.2. The van der Waals surface area contributed by atoms with E-state index in [0.717, 1.165) is 0 Å². The molecule has 0 unspecified atom stereocenters. The molecule has 0 aliphatic carbocycles. The molecule has 0 radical (unpaired) electrons. The van der Waals surface area contributed by atoms with Gasteiger partial charge in [-0.2, -0.15) is 0 Å². The van der Waals surface area contributed by atoms with E-state index in [0.29, 0.717) is 16.5 Å². The van der Waals surface area contributed by atoms with Crippen molar-refractivity contribution in [2.24, 2.45) is 5.73 Å². The molecule has 1 aliphatic heterocycles. The van der Waals surface area contributed by atoms with Crippen molar-refractivity contribution in [3.05, 3.63) is 23.8 Å². The van der Waals surface area contributed by atoms with Crippen LogP contribution in [0.25, 0.3) is 11.5 Å². The molecule has 0 saturated carbocycles. The van der Waals surface area contributed by atoms with Gasteiger partial charge in [-0.25, -0.2) is 9.18 Å². The molecule has 138 valence electrons. The summed E-state index contributed by atoms with van der Waals surface area (Å²) in [7, 11) is 0. The molecule has 8 nitrogen and oxygen atoms in total. The number of rotatable bonds is 2. The van der Waals surface area contributed by atoms with Crippen LogP contribution in [0, 0.1) is 5.82 Å². The number of carbonyl (C=O) groups excluding carboxylic acids is 2. The molecular formula is C16H17FN4O4S. The summed E-state index contributed by atoms with van der Waals surface area (Å²) >= 11 is 1.17. The quantitative estimate of drug-likeness (QED) is 0.821. The number of aromatic nitrogens is 2. The fourth-order valence-electron chi connectivity index (χ4n) is 2.25. The van der Waals surface area contributed by atoms with Gasteiger partial charge >= 0.3 is 6.09 Å². The van der Waals surface area contributed by atoms with Gasteiger partial charge in [0, 0.05) is 16.1 Å². The lowest BCUT2D eigenvalue weighted by Gasteiger charge is -2.12. The Balaban J connectivity index is 1.94. The van der Waals surface area contributed by atoms with Gasteiger partial charge in [0.05, 0.1) is 11.3 Å². The molecule has 1 aliphatic rings. The Morgan fingerprint density at radius 1 is 1.42 bits per heavy atom. The Morgan fingerprint density at radius 3 is 2.77 bits per heavy atom. The summed E-state index contributed by atoms with van der Waals surface area (Å²) in [5.74, 6) is -0.605. The number of halogens is 1. The monoisotopic (exact) mass is 380 g/mol. The Bertz CT molecular complexity index is 878. The molecule has 3 rings (SSSR count). The topological polar surface area (TPSA) is 120 Å². The highest BCUT2D eigenvalue weighted by Gasteiger charge is 2.29. The third-order valence-corrected chi connectivity index (χ3v) is 4.68. The summed E-state index contributed by atoms with van der Waals surface area (Å²) in [5, 5.41) is 10.4. The van der Waals surface area contributed by atoms with E-state index >= 15 is 0 Å². The predicted octanol–water partition coefficient (Wildman–Crippen LogP) is 2.68. The molecule has 3 N–H and O–H groups in total. The second-order valence-corrected chi connectivity index (χ2v) is 7.78. The number of nitrogens with zero attached hydrogens (tertiary/aromatic N) is 2. The van der Waals surface area contributed by atoms with E-state index in [9.17, 15) is 14.0 Å². The third-order valence-electron chi connectivity index (χ3n) is 3.57. The Kier molecular flexibility index (Phi) is 4.61. The number of amides is 2. The molecule has 1 aromatic carbocycles. The zero-order valence-electron chi connectivity index (χ0n) is 14.3. The van der Waals surface area contributed by atoms with Crippen LogP contribution >= 0.6 is 11.8 Å². The summed E-state index contributed by atoms with van der Waals surface area (Å²) in [4.78, 5) is 23.6. The summed E-state index contributed by atoms with van der Waals surface area (Å²) in [5.41, 5.74) is 5.02. The normalized spacial score (nSPS) is 17.2. The van der Waals surface area contributed by atoms with Gasteiger partial charge in [0.2, 0.25) is 5.89 Å². The van der Waals surface area contributed by atoms with E-state index < -0.39 is 23.9 Å². The van der Waals surface area contributed by atoms with Crippen LogP contribution in [0.4, 0.5) is 14.9 Å². The Labute approximate surface area is 152 Å². The Morgan fingerprint density at radius 2 is 2.15 bits per heavy atom. The largest absolute Gasteiger partial charge is 0.435 e. The van der Waals surface area contributed by atoms with E-state index in [-0.39, 0.29) is 22.6 Å². The van der Waals surface area contributed by atoms with Crippen molar-refractivity contribution >= 4 is 29.4 Å². The minimum absolute atomic E-state index is 0.0173. The number of carbonyl (C=O) groups is 2. The number of fused-ring (bicyclic) bond motifs is 1. The zero-order chi connectivity index (χ0) is 19.1. The van der Waals surface area contributed by atoms with E-state index in [4.69, 9.17) is 14.9 Å². The van der Waals surface area contributed by atoms with Crippen LogP contribution in [-0.4, -0.2) is 34.1 Å². The number of benzene rings is 1. The van der Waals surface area contributed by atoms with E-state index in [1.165, 1.54) is 23.9 Å². The second-order valence-electron chi connectivity index (χ2n) is 6.72. The SMILES string of the molecule is CC(C)(C)c1nnc(-c2cc3c(cc2F)SC[C@H](OC(N)=O)C(=O)N3)o1. The Hall–Kier alpha value is -2.62. The summed E-state index contributed by atoms with van der Waals surface area (Å²) in [6.45, 7) is 5.69. The molecule has 0 fully saturated rings. The average Bonchev–Trinajstić information content (AvgIpc) is 2.97. The molecule has 2 heterocycles. The van der Waals surface area contributed by atoms with Crippen molar-refractivity contribution in [2.75, 3.05) is 11.1 Å². The van der Waals surface area contributed by atoms with Gasteiger partial charge in [-0.1, -0.05) is 20.8 Å². The molecular weight excluding hydrogens is 363 g/mol. The van der Waals surface area contributed by atoms with Crippen LogP contribution in [0.5, 0.6) is 0 Å². The molecule has 2 aromatic rings. The molecule has 0 bridgehead atoms. The van der Waals surface area contributed by atoms with Crippen molar-refractivity contribution in [1.82, 2.24) is 10.2 Å². The number of primary amides is 1. The van der Waals surface area contributed by atoms with Gasteiger partial charge in [0.15, 0.2) is 6.10 Å². The van der Waals surface area contributed by atoms with Crippen LogP contribution in [0.15, 0.2) is 21.4 Å². The maximum Gasteiger partial charge on any atom is 0.405 e. The van der Waals surface area contributed by atoms with Crippen molar-refractivity contribution in [1.29, 1.82) is 0 Å². The predicted molar refractivity (Wildman–Crippen MR) is 92.2 cm³/mol. The van der Waals surface area contributed by atoms with Crippen LogP contribution in [-0.2, 0) is 14.9 Å². The summed E-state index contributed by atoms with van der Waals surface area (Å²) < 4.78 is 24.9. The fraction of sp³-hybridized carbons (Fsp3) is 0.375. The fourth-order valence-corrected chi connectivity index (χ4v) is 3.26. The number of anilines is 1. The number of nitrogens with two attached hydrogens (primary N) is 1. The van der Waals surface area contributed by atoms with E-state index in [1.807, 2.05) is 20.8 Å². The van der Waals surface area contributed by atoms with Gasteiger partial charge in [-0.15, -0.1) is 22.0 Å². The summed E-state index contributed by atoms with van der Waals surface area (Å²) in [6, 6.07) is 2.69. The second kappa shape index (κ2) is 6.60. The highest BCUT2D eigenvalue weighted by molar-refractivity contribution is 7.99. The lowest BCUT2D eigenvalue weighted by molar-refractivity contribution is -0.123. The number of hydrogen-bond acceptors (Lipinski definition) is 7. The van der Waals surface area contributed by atoms with Crippen molar-refractivity contribution in [2.45, 2.75) is 37.2 Å². The molecule has 1 atom stereocenters. The maximum absolute atomic E-state index is 14.5. The first kappa shape index (κ1) is 18.2. The lowest BCUT2D eigenvalue weighted by Crippen LogP contribution is -2.35. The highest BCUT2D eigenvalue weighted by Crippen LogP contribution is 2.37. The zero-order valence-corrected chi connectivity index (χ0v) is 15.1. The van der Waals surface area contributed by atoms with Crippen LogP contribution < -0.4 is 11.1 Å². The molecule has 0 spiro atoms. The van der Waals surface area contributed by atoms with Crippen LogP contribution in [0.1, 0.15) is 26.7 Å². The molecule has 2 amide bonds. The van der Waals surface area contributed by atoms with Gasteiger partial charge < -0.3 is 20.2 Å². The molecule has 10 heteroatoms. The molecule has 26 heavy (non-hydrogen) atoms. The smallest absolute Gasteiger partial charge is 0.405 e. The first-order valence-corrected chi connectivity index (χ1v) is 8.71. The van der Waals surface area contributed by atoms with Crippen molar-refractivity contribution in [3.63, 3.8) is 0 Å². The maximum atomic E-state index is 14.5. The van der Waals surface area contributed by atoms with Gasteiger partial charge in [0.25, 0.3) is 11.8 Å². The number of thioether (sulfide) groups is 1. The number of hydrogen-bond donors (Lipinski definition) is 2. The van der Waals surface area contributed by atoms with Gasteiger partial charge in [-0.05, 0) is 12.1 Å². The standard InChI is InChI=1S/C16H17FN4O4S/c1-16(2,3)14-21-20-13(25-14)7-4-9-11(5-8(7)17)26-6-10(12(22)19-9)24-15(18)23/h4-5,10H,6H2,1-3H3,(H2,18,23)(H,19,22)/t10-/m0/s1. The van der Waals surface area contributed by atoms with Gasteiger partial charge in [0.1, 0.15) is 5.82 Å². The number of ether oxygens (including phenoxy) is 1. The van der Waals surface area contributed by atoms with E-state index in [1.54, 1.807) is 0 Å². The van der Waals surface area contributed by atoms with Crippen molar-refractivity contribution in [3.8, 4) is 11.5 Å². The van der Waals surface area contributed by atoms with E-state index in [2.05, 4.69) is 15.5 Å². The third kappa shape index (κ3) is 3.64. The summed E-state index contributed by atoms with van der Waals surface area (Å²) in [6.07, 6.45) is -2.11. The minimum Gasteiger partial charge on any atom is -0.435 e. The number of nitrogens with one attached hydrogen (secondary N) is 1. The van der Waals surface area contributed by atoms with Gasteiger partial charge in [-0.3, -0.25) is 4.79 Å². The lowest BCUT2D eigenvalue weighted by atomic mass is 9.97. The molecule has 0 saturated heterocycles. The van der Waals surface area contributed by atoms with Crippen molar-refractivity contribution < 1.29 is 23.1 Å². The average molecular weight is 380 g/mol. The minimum atomic E-state index is -1.06. The first-order valence-electron chi connectivity index (χ1n) is 7.73. The van der Waals surface area contributed by atoms with Crippen LogP contribution in [0.2, 0.25) is 0 Å². The van der Waals surface area contributed by atoms with Crippen LogP contribution in [0.3, 0.4) is 0 Å². The first-order chi connectivity index (χ1) is 12.1. The molecule has 1 aromatic heterocycles.